The molecule has 9 nitrogen and oxygen atoms in total. The summed E-state index contributed by atoms with van der Waals surface area (Å²) in [4.78, 5) is 16.7. The van der Waals surface area contributed by atoms with Crippen molar-refractivity contribution in [2.45, 2.75) is 31.5 Å². The van der Waals surface area contributed by atoms with Crippen molar-refractivity contribution in [1.82, 2.24) is 9.80 Å². The second-order valence-corrected chi connectivity index (χ2v) is 10.3. The highest BCUT2D eigenvalue weighted by Crippen LogP contribution is 2.36. The lowest BCUT2D eigenvalue weighted by Crippen LogP contribution is -2.60. The fraction of sp³-hybridized carbons (Fsp3) is 0.367. The Bertz CT molecular complexity index is 1310. The van der Waals surface area contributed by atoms with E-state index in [0.29, 0.717) is 6.54 Å². The molecule has 0 N–H and O–H groups in total. The van der Waals surface area contributed by atoms with Gasteiger partial charge in [-0.15, -0.1) is 0 Å². The molecule has 0 spiro atoms. The molecule has 39 heavy (non-hydrogen) atoms. The summed E-state index contributed by atoms with van der Waals surface area (Å²) in [5.74, 6) is 4.69. The predicted molar refractivity (Wildman–Crippen MR) is 141 cm³/mol. The van der Waals surface area contributed by atoms with Gasteiger partial charge in [0.25, 0.3) is 0 Å². The molecule has 0 radical (unpaired) electrons. The van der Waals surface area contributed by atoms with Gasteiger partial charge in [-0.2, -0.15) is 0 Å². The zero-order valence-electron chi connectivity index (χ0n) is 21.5. The molecule has 2 atom stereocenters. The van der Waals surface area contributed by atoms with Crippen molar-refractivity contribution in [1.29, 1.82) is 0 Å². The van der Waals surface area contributed by atoms with Crippen molar-refractivity contribution in [2.75, 3.05) is 40.0 Å². The molecule has 1 fully saturated rings. The molecule has 202 valence electrons. The van der Waals surface area contributed by atoms with E-state index in [1.54, 1.807) is 0 Å². The monoisotopic (exact) mass is 530 g/mol. The first-order chi connectivity index (χ1) is 19.2. The summed E-state index contributed by atoms with van der Waals surface area (Å²) in [5, 5.41) is 0. The van der Waals surface area contributed by atoms with Crippen LogP contribution in [0, 0.1) is 0 Å². The molecule has 4 aliphatic rings. The fourth-order valence-electron chi connectivity index (χ4n) is 6.03. The lowest BCUT2D eigenvalue weighted by atomic mass is 9.94. The quantitative estimate of drug-likeness (QED) is 0.407. The number of fused-ring (bicyclic) bond motifs is 3. The van der Waals surface area contributed by atoms with Gasteiger partial charge in [0.15, 0.2) is 34.5 Å². The summed E-state index contributed by atoms with van der Waals surface area (Å²) in [6.07, 6.45) is 2.60. The maximum absolute atomic E-state index is 11.9. The second kappa shape index (κ2) is 10.3. The minimum absolute atomic E-state index is 0.136. The molecule has 4 heterocycles. The van der Waals surface area contributed by atoms with Crippen LogP contribution in [0.5, 0.6) is 34.5 Å². The highest BCUT2D eigenvalue weighted by Gasteiger charge is 2.35. The molecule has 2 unspecified atom stereocenters. The van der Waals surface area contributed by atoms with Crippen LogP contribution in [0.25, 0.3) is 0 Å². The first-order valence-corrected chi connectivity index (χ1v) is 13.3. The largest absolute Gasteiger partial charge is 0.454 e. The number of carbonyl (C=O) groups is 1. The first-order valence-electron chi connectivity index (χ1n) is 13.3. The molecule has 0 bridgehead atoms. The van der Waals surface area contributed by atoms with Gasteiger partial charge in [0, 0.05) is 31.7 Å². The van der Waals surface area contributed by atoms with Gasteiger partial charge in [-0.25, -0.2) is 0 Å². The van der Waals surface area contributed by atoms with Crippen LogP contribution in [0.2, 0.25) is 0 Å². The van der Waals surface area contributed by atoms with Crippen molar-refractivity contribution in [3.05, 3.63) is 71.3 Å². The normalized spacial score (nSPS) is 21.3. The minimum atomic E-state index is 0.136. The SMILES string of the molecule is O=CCN1C(Cc2ccc3c(c2)OCO3)CN(Cc2ccc3c(c2)OCO3)CC1Cc1ccc2c(c1)OCO2. The molecule has 0 saturated carbocycles. The van der Waals surface area contributed by atoms with E-state index in [1.165, 1.54) is 5.56 Å². The number of piperazine rings is 1. The van der Waals surface area contributed by atoms with Gasteiger partial charge < -0.3 is 33.2 Å². The van der Waals surface area contributed by atoms with Crippen molar-refractivity contribution in [2.24, 2.45) is 0 Å². The summed E-state index contributed by atoms with van der Waals surface area (Å²) in [6.45, 7) is 3.57. The van der Waals surface area contributed by atoms with E-state index in [1.807, 2.05) is 18.2 Å². The zero-order chi connectivity index (χ0) is 26.2. The molecular formula is C30H30N2O7. The Balaban J connectivity index is 1.16. The summed E-state index contributed by atoms with van der Waals surface area (Å²) in [6, 6.07) is 18.7. The Kier molecular flexibility index (Phi) is 6.38. The van der Waals surface area contributed by atoms with Gasteiger partial charge >= 0.3 is 0 Å². The molecule has 4 aliphatic heterocycles. The predicted octanol–water partition coefficient (Wildman–Crippen LogP) is 3.41. The van der Waals surface area contributed by atoms with Gasteiger partial charge in [0.05, 0.1) is 6.54 Å². The van der Waals surface area contributed by atoms with Crippen molar-refractivity contribution >= 4 is 6.29 Å². The standard InChI is InChI=1S/C30H30N2O7/c33-8-7-32-23(9-20-1-4-25-28(11-20)37-17-34-25)15-31(14-22-3-6-27-30(13-22)39-19-36-27)16-24(32)10-21-2-5-26-29(12-21)38-18-35-26/h1-6,8,11-13,23-24H,7,9-10,14-19H2. The molecule has 3 aromatic carbocycles. The van der Waals surface area contributed by atoms with Gasteiger partial charge in [-0.1, -0.05) is 18.2 Å². The van der Waals surface area contributed by atoms with Crippen LogP contribution in [0.3, 0.4) is 0 Å². The van der Waals surface area contributed by atoms with Crippen LogP contribution in [-0.4, -0.2) is 68.2 Å². The molecule has 9 heteroatoms. The van der Waals surface area contributed by atoms with E-state index in [0.717, 1.165) is 84.4 Å². The third-order valence-electron chi connectivity index (χ3n) is 7.82. The van der Waals surface area contributed by atoms with Gasteiger partial charge in [0.2, 0.25) is 20.4 Å². The number of rotatable bonds is 8. The van der Waals surface area contributed by atoms with E-state index < -0.39 is 0 Å². The molecule has 1 saturated heterocycles. The van der Waals surface area contributed by atoms with E-state index in [9.17, 15) is 4.79 Å². The number of hydrogen-bond acceptors (Lipinski definition) is 9. The Morgan fingerprint density at radius 2 is 1.05 bits per heavy atom. The highest BCUT2D eigenvalue weighted by molar-refractivity contribution is 5.52. The van der Waals surface area contributed by atoms with Crippen LogP contribution in [0.4, 0.5) is 0 Å². The second-order valence-electron chi connectivity index (χ2n) is 10.3. The molecule has 7 rings (SSSR count). The molecular weight excluding hydrogens is 500 g/mol. The van der Waals surface area contributed by atoms with Crippen LogP contribution in [0.15, 0.2) is 54.6 Å². The van der Waals surface area contributed by atoms with Crippen molar-refractivity contribution in [3.63, 3.8) is 0 Å². The maximum Gasteiger partial charge on any atom is 0.231 e. The molecule has 0 amide bonds. The topological polar surface area (TPSA) is 78.9 Å². The third kappa shape index (κ3) is 4.95. The number of hydrogen-bond donors (Lipinski definition) is 0. The zero-order valence-corrected chi connectivity index (χ0v) is 21.5. The lowest BCUT2D eigenvalue weighted by molar-refractivity contribution is -0.111. The van der Waals surface area contributed by atoms with E-state index in [4.69, 9.17) is 28.4 Å². The average Bonchev–Trinajstić information content (AvgIpc) is 3.70. The maximum atomic E-state index is 11.9. The van der Waals surface area contributed by atoms with Crippen molar-refractivity contribution in [3.8, 4) is 34.5 Å². The molecule has 3 aromatic rings. The van der Waals surface area contributed by atoms with Gasteiger partial charge in [0.1, 0.15) is 6.29 Å². The Morgan fingerprint density at radius 1 is 0.615 bits per heavy atom. The Hall–Kier alpha value is -3.95. The average molecular weight is 531 g/mol. The third-order valence-corrected chi connectivity index (χ3v) is 7.82. The molecule has 0 aliphatic carbocycles. The summed E-state index contributed by atoms with van der Waals surface area (Å²) in [5.41, 5.74) is 3.49. The Labute approximate surface area is 226 Å². The van der Waals surface area contributed by atoms with Crippen LogP contribution < -0.4 is 28.4 Å². The minimum Gasteiger partial charge on any atom is -0.454 e. The van der Waals surface area contributed by atoms with Crippen LogP contribution in [-0.2, 0) is 24.2 Å². The van der Waals surface area contributed by atoms with E-state index in [2.05, 4.69) is 46.2 Å². The smallest absolute Gasteiger partial charge is 0.231 e. The fourth-order valence-corrected chi connectivity index (χ4v) is 6.03. The van der Waals surface area contributed by atoms with E-state index in [-0.39, 0.29) is 32.5 Å². The highest BCUT2D eigenvalue weighted by atomic mass is 16.7. The van der Waals surface area contributed by atoms with Crippen molar-refractivity contribution < 1.29 is 33.2 Å². The van der Waals surface area contributed by atoms with Gasteiger partial charge in [-0.3, -0.25) is 9.80 Å². The van der Waals surface area contributed by atoms with E-state index >= 15 is 0 Å². The Morgan fingerprint density at radius 3 is 1.54 bits per heavy atom. The number of aldehydes is 1. The number of benzene rings is 3. The number of carbonyl (C=O) groups excluding carboxylic acids is 1. The summed E-state index contributed by atoms with van der Waals surface area (Å²) >= 11 is 0. The molecule has 0 aromatic heterocycles. The number of ether oxygens (including phenoxy) is 6. The van der Waals surface area contributed by atoms with Gasteiger partial charge in [-0.05, 0) is 65.9 Å². The lowest BCUT2D eigenvalue weighted by Gasteiger charge is -2.46. The summed E-state index contributed by atoms with van der Waals surface area (Å²) in [7, 11) is 0. The van der Waals surface area contributed by atoms with Crippen LogP contribution in [0.1, 0.15) is 16.7 Å². The van der Waals surface area contributed by atoms with Crippen LogP contribution >= 0.6 is 0 Å². The number of nitrogens with zero attached hydrogens (tertiary/aromatic N) is 2. The summed E-state index contributed by atoms with van der Waals surface area (Å²) < 4.78 is 33.4. The first kappa shape index (κ1) is 24.1.